The summed E-state index contributed by atoms with van der Waals surface area (Å²) in [5.74, 6) is 0. The normalized spacial score (nSPS) is 52.0. The molecule has 4 heterocycles. The molecule has 4 rings (SSSR count). The minimum atomic E-state index is -1.91. The van der Waals surface area contributed by atoms with Crippen molar-refractivity contribution in [2.45, 2.75) is 130 Å². The minimum Gasteiger partial charge on any atom is -0.394 e. The van der Waals surface area contributed by atoms with Crippen molar-refractivity contribution in [1.29, 1.82) is 0 Å². The second-order valence-electron chi connectivity index (χ2n) is 11.7. The summed E-state index contributed by atoms with van der Waals surface area (Å²) >= 11 is 0. The Morgan fingerprint density at radius 1 is 0.457 bits per heavy atom. The zero-order valence-corrected chi connectivity index (χ0v) is 25.0. The second-order valence-corrected chi connectivity index (χ2v) is 11.7. The average Bonchev–Trinajstić information content (AvgIpc) is 3.04. The summed E-state index contributed by atoms with van der Waals surface area (Å²) in [6, 6.07) is 0. The third-order valence-corrected chi connectivity index (χ3v) is 8.70. The monoisotopic (exact) mass is 678 g/mol. The molecule has 20 heteroatoms. The third kappa shape index (κ3) is 7.66. The molecule has 20 atom stereocenters. The second kappa shape index (κ2) is 16.3. The largest absolute Gasteiger partial charge is 0.394 e. The van der Waals surface area contributed by atoms with Crippen LogP contribution >= 0.6 is 0 Å². The standard InChI is InChI=1S/C26H46O20/c1-7-12(30)22(16(34)11(41-7)6-40-24-18(36)17(35)13(31)8(3-27)42-24)45-26-20(38)23(15(33)10(5-29)44-26)46-25-19(37)21(39-2)14(32)9(4-28)43-25/h7-38H,3-6H2,1-2H3/t7?,8?,9?,10?,11?,12?,13-,14-,15-,16-,17?,18?,19?,20?,21?,22?,23?,24?,25+,26+/m1/s1. The van der Waals surface area contributed by atoms with E-state index in [1.54, 1.807) is 0 Å². The summed E-state index contributed by atoms with van der Waals surface area (Å²) in [6.07, 6.45) is -30.9. The molecule has 0 aromatic rings. The van der Waals surface area contributed by atoms with Gasteiger partial charge in [-0.25, -0.2) is 0 Å². The Bertz CT molecular complexity index is 932. The van der Waals surface area contributed by atoms with Crippen LogP contribution in [0.15, 0.2) is 0 Å². The van der Waals surface area contributed by atoms with Gasteiger partial charge in [0.15, 0.2) is 18.9 Å². The molecule has 4 saturated heterocycles. The molecular formula is C26H46O20. The van der Waals surface area contributed by atoms with Gasteiger partial charge >= 0.3 is 0 Å². The molecule has 0 aromatic carbocycles. The van der Waals surface area contributed by atoms with E-state index in [2.05, 4.69) is 0 Å². The van der Waals surface area contributed by atoms with E-state index in [-0.39, 0.29) is 0 Å². The van der Waals surface area contributed by atoms with Crippen LogP contribution in [0.2, 0.25) is 0 Å². The van der Waals surface area contributed by atoms with Gasteiger partial charge in [-0.2, -0.15) is 0 Å². The minimum absolute atomic E-state index is 0.520. The molecule has 12 N–H and O–H groups in total. The maximum atomic E-state index is 11.1. The summed E-state index contributed by atoms with van der Waals surface area (Å²) in [4.78, 5) is 0. The summed E-state index contributed by atoms with van der Waals surface area (Å²) < 4.78 is 43.8. The van der Waals surface area contributed by atoms with Crippen molar-refractivity contribution in [2.24, 2.45) is 0 Å². The number of rotatable bonds is 11. The van der Waals surface area contributed by atoms with Crippen LogP contribution in [-0.2, 0) is 37.9 Å². The summed E-state index contributed by atoms with van der Waals surface area (Å²) in [7, 11) is 1.19. The summed E-state index contributed by atoms with van der Waals surface area (Å²) in [5.41, 5.74) is 0. The van der Waals surface area contributed by atoms with Gasteiger partial charge in [-0.05, 0) is 6.92 Å². The van der Waals surface area contributed by atoms with Gasteiger partial charge in [0, 0.05) is 7.11 Å². The van der Waals surface area contributed by atoms with Crippen LogP contribution in [0.1, 0.15) is 6.92 Å². The highest BCUT2D eigenvalue weighted by Gasteiger charge is 2.54. The SMILES string of the molecule is COC1C(O)[C@H](OC2C(O)[C@H](OC3C(O)C(C)OC(COC4OC(CO)[C@@H](O)C(O)C4O)[C@H]3O)OC(CO)[C@H]2O)OC(CO)[C@H]1O. The van der Waals surface area contributed by atoms with Gasteiger partial charge in [-0.1, -0.05) is 0 Å². The summed E-state index contributed by atoms with van der Waals surface area (Å²) in [5, 5.41) is 124. The van der Waals surface area contributed by atoms with Gasteiger partial charge < -0.3 is 99.2 Å². The number of hydrogen-bond acceptors (Lipinski definition) is 20. The smallest absolute Gasteiger partial charge is 0.187 e. The first-order valence-electron chi connectivity index (χ1n) is 14.8. The molecule has 4 aliphatic heterocycles. The zero-order chi connectivity index (χ0) is 34.0. The van der Waals surface area contributed by atoms with Crippen molar-refractivity contribution in [1.82, 2.24) is 0 Å². The molecule has 20 nitrogen and oxygen atoms in total. The van der Waals surface area contributed by atoms with E-state index in [1.807, 2.05) is 0 Å². The van der Waals surface area contributed by atoms with Crippen LogP contribution in [-0.4, -0.2) is 217 Å². The fourth-order valence-corrected chi connectivity index (χ4v) is 5.89. The molecule has 14 unspecified atom stereocenters. The van der Waals surface area contributed by atoms with E-state index in [1.165, 1.54) is 14.0 Å². The van der Waals surface area contributed by atoms with Gasteiger partial charge in [0.05, 0.1) is 32.5 Å². The van der Waals surface area contributed by atoms with Gasteiger partial charge in [-0.3, -0.25) is 0 Å². The third-order valence-electron chi connectivity index (χ3n) is 8.70. The molecule has 0 saturated carbocycles. The van der Waals surface area contributed by atoms with Crippen LogP contribution in [0.3, 0.4) is 0 Å². The Kier molecular flexibility index (Phi) is 13.4. The quantitative estimate of drug-likeness (QED) is 0.0965. The molecule has 0 bridgehead atoms. The Morgan fingerprint density at radius 3 is 1.41 bits per heavy atom. The molecule has 0 radical (unpaired) electrons. The van der Waals surface area contributed by atoms with Crippen molar-refractivity contribution in [2.75, 3.05) is 33.5 Å². The van der Waals surface area contributed by atoms with Crippen molar-refractivity contribution < 1.29 is 99.2 Å². The van der Waals surface area contributed by atoms with Crippen LogP contribution in [0, 0.1) is 0 Å². The van der Waals surface area contributed by atoms with Crippen molar-refractivity contribution in [3.63, 3.8) is 0 Å². The van der Waals surface area contributed by atoms with Crippen molar-refractivity contribution in [3.05, 3.63) is 0 Å². The molecule has 46 heavy (non-hydrogen) atoms. The average molecular weight is 679 g/mol. The molecule has 4 fully saturated rings. The predicted molar refractivity (Wildman–Crippen MR) is 142 cm³/mol. The van der Waals surface area contributed by atoms with E-state index < -0.39 is 149 Å². The first kappa shape index (κ1) is 38.0. The number of methoxy groups -OCH3 is 1. The lowest BCUT2D eigenvalue weighted by molar-refractivity contribution is -0.375. The highest BCUT2D eigenvalue weighted by Crippen LogP contribution is 2.33. The molecular weight excluding hydrogens is 632 g/mol. The Labute approximate surface area is 262 Å². The lowest BCUT2D eigenvalue weighted by Crippen LogP contribution is -2.67. The van der Waals surface area contributed by atoms with Crippen LogP contribution < -0.4 is 0 Å². The van der Waals surface area contributed by atoms with Gasteiger partial charge in [0.1, 0.15) is 97.7 Å². The number of ether oxygens (including phenoxy) is 8. The number of aliphatic hydroxyl groups is 12. The number of aliphatic hydroxyl groups excluding tert-OH is 12. The van der Waals surface area contributed by atoms with Crippen molar-refractivity contribution >= 4 is 0 Å². The van der Waals surface area contributed by atoms with Crippen LogP contribution in [0.25, 0.3) is 0 Å². The summed E-state index contributed by atoms with van der Waals surface area (Å²) in [6.45, 7) is -1.30. The lowest BCUT2D eigenvalue weighted by atomic mass is 9.94. The van der Waals surface area contributed by atoms with E-state index in [0.717, 1.165) is 0 Å². The van der Waals surface area contributed by atoms with Crippen molar-refractivity contribution in [3.8, 4) is 0 Å². The van der Waals surface area contributed by atoms with E-state index in [9.17, 15) is 61.3 Å². The number of hydrogen-bond donors (Lipinski definition) is 12. The Balaban J connectivity index is 1.46. The highest BCUT2D eigenvalue weighted by molar-refractivity contribution is 4.97. The van der Waals surface area contributed by atoms with Crippen LogP contribution in [0.5, 0.6) is 0 Å². The molecule has 0 spiro atoms. The molecule has 0 aromatic heterocycles. The van der Waals surface area contributed by atoms with Crippen LogP contribution in [0.4, 0.5) is 0 Å². The molecule has 0 amide bonds. The maximum absolute atomic E-state index is 11.1. The van der Waals surface area contributed by atoms with E-state index in [0.29, 0.717) is 0 Å². The van der Waals surface area contributed by atoms with E-state index in [4.69, 9.17) is 37.9 Å². The first-order chi connectivity index (χ1) is 21.8. The highest BCUT2D eigenvalue weighted by atomic mass is 16.7. The van der Waals surface area contributed by atoms with Gasteiger partial charge in [-0.15, -0.1) is 0 Å². The fourth-order valence-electron chi connectivity index (χ4n) is 5.89. The molecule has 270 valence electrons. The topological polar surface area (TPSA) is 317 Å². The lowest BCUT2D eigenvalue weighted by Gasteiger charge is -2.48. The first-order valence-corrected chi connectivity index (χ1v) is 14.8. The van der Waals surface area contributed by atoms with E-state index >= 15 is 0 Å². The Hall–Kier alpha value is -0.800. The van der Waals surface area contributed by atoms with Gasteiger partial charge in [0.25, 0.3) is 0 Å². The predicted octanol–water partition coefficient (Wildman–Crippen LogP) is -8.02. The Morgan fingerprint density at radius 2 is 0.891 bits per heavy atom. The maximum Gasteiger partial charge on any atom is 0.187 e. The van der Waals surface area contributed by atoms with Gasteiger partial charge in [0.2, 0.25) is 0 Å². The fraction of sp³-hybridized carbons (Fsp3) is 1.00. The zero-order valence-electron chi connectivity index (χ0n) is 25.0. The molecule has 0 aliphatic carbocycles. The molecule has 4 aliphatic rings.